The standard InChI is InChI=1S/C6H10O2/c1-4-3-5(2)8-6(4)7/h4-5H,3H2,1-2H3/t4-,5+/m1/s1. The van der Waals surface area contributed by atoms with E-state index >= 15 is 0 Å². The van der Waals surface area contributed by atoms with E-state index in [4.69, 9.17) is 4.74 Å². The Labute approximate surface area is 48.8 Å². The smallest absolute Gasteiger partial charge is 0.309 e. The second kappa shape index (κ2) is 1.77. The van der Waals surface area contributed by atoms with E-state index in [1.54, 1.807) is 0 Å². The summed E-state index contributed by atoms with van der Waals surface area (Å²) < 4.78 is 4.83. The number of hydrogen-bond donors (Lipinski definition) is 0. The molecule has 0 amide bonds. The minimum Gasteiger partial charge on any atom is -0.462 e. The number of carbonyl (C=O) groups excluding carboxylic acids is 1. The van der Waals surface area contributed by atoms with Crippen LogP contribution in [-0.4, -0.2) is 12.1 Å². The Morgan fingerprint density at radius 2 is 2.25 bits per heavy atom. The van der Waals surface area contributed by atoms with Gasteiger partial charge in [0.2, 0.25) is 0 Å². The second-order valence-corrected chi connectivity index (χ2v) is 2.38. The third-order valence-electron chi connectivity index (χ3n) is 1.41. The van der Waals surface area contributed by atoms with Gasteiger partial charge in [-0.25, -0.2) is 0 Å². The van der Waals surface area contributed by atoms with Gasteiger partial charge >= 0.3 is 5.97 Å². The highest BCUT2D eigenvalue weighted by Crippen LogP contribution is 2.18. The molecule has 0 N–H and O–H groups in total. The van der Waals surface area contributed by atoms with Crippen LogP contribution in [-0.2, 0) is 9.53 Å². The second-order valence-electron chi connectivity index (χ2n) is 2.38. The van der Waals surface area contributed by atoms with Crippen molar-refractivity contribution in [1.82, 2.24) is 0 Å². The Balaban J connectivity index is 2.51. The summed E-state index contributed by atoms with van der Waals surface area (Å²) in [5.74, 6) is 0.0856. The van der Waals surface area contributed by atoms with E-state index in [-0.39, 0.29) is 18.0 Å². The average Bonchev–Trinajstić information content (AvgIpc) is 1.85. The third kappa shape index (κ3) is 0.831. The summed E-state index contributed by atoms with van der Waals surface area (Å²) in [6.45, 7) is 3.81. The van der Waals surface area contributed by atoms with Crippen LogP contribution in [0.4, 0.5) is 0 Å². The molecular weight excluding hydrogens is 104 g/mol. The third-order valence-corrected chi connectivity index (χ3v) is 1.41. The molecule has 0 aromatic carbocycles. The van der Waals surface area contributed by atoms with E-state index in [1.807, 2.05) is 13.8 Å². The molecule has 0 unspecified atom stereocenters. The molecule has 1 fully saturated rings. The maximum atomic E-state index is 10.6. The fourth-order valence-electron chi connectivity index (χ4n) is 0.957. The molecule has 0 spiro atoms. The molecule has 2 nitrogen and oxygen atoms in total. The molecule has 46 valence electrons. The van der Waals surface area contributed by atoms with Gasteiger partial charge in [-0.3, -0.25) is 4.79 Å². The van der Waals surface area contributed by atoms with Crippen LogP contribution in [0, 0.1) is 5.92 Å². The van der Waals surface area contributed by atoms with E-state index in [0.717, 1.165) is 6.42 Å². The molecule has 2 atom stereocenters. The maximum absolute atomic E-state index is 10.6. The Morgan fingerprint density at radius 3 is 2.38 bits per heavy atom. The Bertz CT molecular complexity index is 109. The maximum Gasteiger partial charge on any atom is 0.309 e. The highest BCUT2D eigenvalue weighted by atomic mass is 16.5. The Hall–Kier alpha value is -0.530. The molecule has 0 aliphatic carbocycles. The molecule has 1 rings (SSSR count). The van der Waals surface area contributed by atoms with Crippen LogP contribution >= 0.6 is 0 Å². The SMILES string of the molecule is C[C@@H]1C[C@H](C)OC1=O. The molecule has 8 heavy (non-hydrogen) atoms. The fraction of sp³-hybridized carbons (Fsp3) is 0.833. The van der Waals surface area contributed by atoms with Gasteiger partial charge in [0.15, 0.2) is 0 Å². The van der Waals surface area contributed by atoms with Gasteiger partial charge in [0.1, 0.15) is 0 Å². The zero-order valence-electron chi connectivity index (χ0n) is 5.18. The Morgan fingerprint density at radius 1 is 1.62 bits per heavy atom. The van der Waals surface area contributed by atoms with Crippen LogP contribution in [0.3, 0.4) is 0 Å². The molecule has 2 heteroatoms. The summed E-state index contributed by atoms with van der Waals surface area (Å²) in [5, 5.41) is 0. The van der Waals surface area contributed by atoms with Gasteiger partial charge in [0.05, 0.1) is 12.0 Å². The highest BCUT2D eigenvalue weighted by molar-refractivity contribution is 5.73. The van der Waals surface area contributed by atoms with Crippen molar-refractivity contribution in [2.45, 2.75) is 26.4 Å². The van der Waals surface area contributed by atoms with Crippen LogP contribution in [0.25, 0.3) is 0 Å². The molecule has 1 aliphatic rings. The molecule has 1 heterocycles. The quantitative estimate of drug-likeness (QED) is 0.438. The first-order valence-corrected chi connectivity index (χ1v) is 2.90. The largest absolute Gasteiger partial charge is 0.462 e. The molecule has 1 saturated heterocycles. The highest BCUT2D eigenvalue weighted by Gasteiger charge is 2.27. The van der Waals surface area contributed by atoms with Gasteiger partial charge in [0.25, 0.3) is 0 Å². The van der Waals surface area contributed by atoms with Crippen molar-refractivity contribution >= 4 is 5.97 Å². The lowest BCUT2D eigenvalue weighted by atomic mass is 10.1. The minimum absolute atomic E-state index is 0.0440. The van der Waals surface area contributed by atoms with E-state index in [1.165, 1.54) is 0 Å². The van der Waals surface area contributed by atoms with Crippen LogP contribution in [0.5, 0.6) is 0 Å². The van der Waals surface area contributed by atoms with Crippen LogP contribution < -0.4 is 0 Å². The summed E-state index contributed by atoms with van der Waals surface area (Å²) in [5.41, 5.74) is 0. The normalized spacial score (nSPS) is 37.5. The molecular formula is C6H10O2. The molecule has 0 aromatic heterocycles. The predicted molar refractivity (Wildman–Crippen MR) is 29.3 cm³/mol. The number of ether oxygens (including phenoxy) is 1. The van der Waals surface area contributed by atoms with Crippen molar-refractivity contribution in [2.24, 2.45) is 5.92 Å². The zero-order valence-corrected chi connectivity index (χ0v) is 5.18. The molecule has 1 aliphatic heterocycles. The van der Waals surface area contributed by atoms with E-state index in [0.29, 0.717) is 0 Å². The lowest BCUT2D eigenvalue weighted by Gasteiger charge is -1.95. The number of cyclic esters (lactones) is 1. The summed E-state index contributed by atoms with van der Waals surface area (Å²) in [7, 11) is 0. The van der Waals surface area contributed by atoms with E-state index in [2.05, 4.69) is 0 Å². The number of hydrogen-bond acceptors (Lipinski definition) is 2. The topological polar surface area (TPSA) is 26.3 Å². The van der Waals surface area contributed by atoms with E-state index < -0.39 is 0 Å². The van der Waals surface area contributed by atoms with Crippen molar-refractivity contribution < 1.29 is 9.53 Å². The van der Waals surface area contributed by atoms with Gasteiger partial charge in [-0.1, -0.05) is 6.92 Å². The van der Waals surface area contributed by atoms with Crippen molar-refractivity contribution in [3.63, 3.8) is 0 Å². The zero-order chi connectivity index (χ0) is 6.15. The first kappa shape index (κ1) is 5.60. The molecule has 0 bridgehead atoms. The van der Waals surface area contributed by atoms with E-state index in [9.17, 15) is 4.79 Å². The van der Waals surface area contributed by atoms with Gasteiger partial charge in [-0.15, -0.1) is 0 Å². The van der Waals surface area contributed by atoms with Crippen LogP contribution in [0.15, 0.2) is 0 Å². The minimum atomic E-state index is -0.0440. The monoisotopic (exact) mass is 114 g/mol. The molecule has 0 aromatic rings. The Kier molecular flexibility index (Phi) is 1.24. The fourth-order valence-corrected chi connectivity index (χ4v) is 0.957. The average molecular weight is 114 g/mol. The summed E-state index contributed by atoms with van der Waals surface area (Å²) in [4.78, 5) is 10.6. The summed E-state index contributed by atoms with van der Waals surface area (Å²) in [6.07, 6.45) is 1.04. The number of rotatable bonds is 0. The number of esters is 1. The van der Waals surface area contributed by atoms with Crippen LogP contribution in [0.2, 0.25) is 0 Å². The predicted octanol–water partition coefficient (Wildman–Crippen LogP) is 0.958. The van der Waals surface area contributed by atoms with Crippen molar-refractivity contribution in [2.75, 3.05) is 0 Å². The van der Waals surface area contributed by atoms with Gasteiger partial charge in [0, 0.05) is 0 Å². The van der Waals surface area contributed by atoms with Crippen molar-refractivity contribution in [3.05, 3.63) is 0 Å². The lowest BCUT2D eigenvalue weighted by molar-refractivity contribution is -0.143. The molecule has 0 radical (unpaired) electrons. The number of carbonyl (C=O) groups is 1. The first-order valence-electron chi connectivity index (χ1n) is 2.90. The van der Waals surface area contributed by atoms with Gasteiger partial charge < -0.3 is 4.74 Å². The van der Waals surface area contributed by atoms with Gasteiger partial charge in [-0.2, -0.15) is 0 Å². The molecule has 0 saturated carbocycles. The lowest BCUT2D eigenvalue weighted by Crippen LogP contribution is -2.02. The first-order chi connectivity index (χ1) is 3.70. The van der Waals surface area contributed by atoms with Crippen molar-refractivity contribution in [3.8, 4) is 0 Å². The van der Waals surface area contributed by atoms with Gasteiger partial charge in [-0.05, 0) is 13.3 Å². The summed E-state index contributed by atoms with van der Waals surface area (Å²) >= 11 is 0. The van der Waals surface area contributed by atoms with Crippen molar-refractivity contribution in [1.29, 1.82) is 0 Å². The van der Waals surface area contributed by atoms with Crippen LogP contribution in [0.1, 0.15) is 20.3 Å². The summed E-state index contributed by atoms with van der Waals surface area (Å²) in [6, 6.07) is 0.